The molecule has 1 N–H and O–H groups in total. The van der Waals surface area contributed by atoms with Crippen LogP contribution < -0.4 is 15.1 Å². The first kappa shape index (κ1) is 26.6. The molecule has 0 heterocycles. The average Bonchev–Trinajstić information content (AvgIpc) is 2.86. The van der Waals surface area contributed by atoms with Crippen LogP contribution in [0.4, 0.5) is 33.3 Å². The number of hydrazone groups is 1. The van der Waals surface area contributed by atoms with Gasteiger partial charge in [-0.25, -0.2) is 22.0 Å². The predicted octanol–water partition coefficient (Wildman–Crippen LogP) is 7.56. The first-order valence-corrected chi connectivity index (χ1v) is 11.2. The summed E-state index contributed by atoms with van der Waals surface area (Å²) in [6.45, 7) is 5.56. The van der Waals surface area contributed by atoms with Crippen LogP contribution in [0.2, 0.25) is 10.0 Å². The summed E-state index contributed by atoms with van der Waals surface area (Å²) >= 11 is 12.0. The Labute approximate surface area is 208 Å². The molecular formula is C24H20Cl2F5N3O. The van der Waals surface area contributed by atoms with Gasteiger partial charge in [-0.2, -0.15) is 5.10 Å². The van der Waals surface area contributed by atoms with E-state index in [0.717, 1.165) is 30.6 Å². The van der Waals surface area contributed by atoms with Crippen molar-refractivity contribution in [3.63, 3.8) is 0 Å². The third kappa shape index (κ3) is 5.97. The molecule has 0 saturated carbocycles. The van der Waals surface area contributed by atoms with Crippen molar-refractivity contribution in [3.05, 3.63) is 86.7 Å². The zero-order valence-corrected chi connectivity index (χ0v) is 20.1. The van der Waals surface area contributed by atoms with E-state index in [-0.39, 0.29) is 6.61 Å². The maximum Gasteiger partial charge on any atom is 0.200 e. The first-order valence-electron chi connectivity index (χ1n) is 10.4. The van der Waals surface area contributed by atoms with Crippen molar-refractivity contribution in [2.45, 2.75) is 20.5 Å². The number of rotatable bonds is 9. The Kier molecular flexibility index (Phi) is 8.80. The second-order valence-corrected chi connectivity index (χ2v) is 8.06. The number of hydrogen-bond acceptors (Lipinski definition) is 4. The number of hydrogen-bond donors (Lipinski definition) is 1. The van der Waals surface area contributed by atoms with Gasteiger partial charge in [0.25, 0.3) is 0 Å². The van der Waals surface area contributed by atoms with Gasteiger partial charge in [0.05, 0.1) is 16.3 Å². The molecule has 0 saturated heterocycles. The molecule has 0 aliphatic rings. The highest BCUT2D eigenvalue weighted by Crippen LogP contribution is 2.29. The Morgan fingerprint density at radius 1 is 0.857 bits per heavy atom. The molecule has 3 rings (SSSR count). The van der Waals surface area contributed by atoms with Gasteiger partial charge < -0.3 is 9.64 Å². The molecule has 0 unspecified atom stereocenters. The SMILES string of the molecule is CCN(CC)c1ccc(/C=N\Nc2c(F)c(F)c(F)c(F)c2F)c(OCc2ccc(Cl)c(Cl)c2)c1. The van der Waals surface area contributed by atoms with Crippen LogP contribution in [0.5, 0.6) is 5.75 Å². The van der Waals surface area contributed by atoms with Gasteiger partial charge in [-0.1, -0.05) is 29.3 Å². The van der Waals surface area contributed by atoms with Crippen molar-refractivity contribution in [1.29, 1.82) is 0 Å². The lowest BCUT2D eigenvalue weighted by Crippen LogP contribution is -2.21. The van der Waals surface area contributed by atoms with E-state index in [4.69, 9.17) is 27.9 Å². The van der Waals surface area contributed by atoms with Gasteiger partial charge in [0.2, 0.25) is 5.82 Å². The minimum atomic E-state index is -2.25. The van der Waals surface area contributed by atoms with Crippen LogP contribution in [0.3, 0.4) is 0 Å². The maximum absolute atomic E-state index is 13.9. The number of nitrogens with one attached hydrogen (secondary N) is 1. The second kappa shape index (κ2) is 11.6. The molecule has 3 aromatic rings. The molecule has 0 radical (unpaired) electrons. The van der Waals surface area contributed by atoms with Crippen molar-refractivity contribution in [3.8, 4) is 5.75 Å². The van der Waals surface area contributed by atoms with Crippen molar-refractivity contribution in [1.82, 2.24) is 0 Å². The molecule has 4 nitrogen and oxygen atoms in total. The zero-order valence-electron chi connectivity index (χ0n) is 18.6. The summed E-state index contributed by atoms with van der Waals surface area (Å²) in [6, 6.07) is 10.2. The Morgan fingerprint density at radius 3 is 2.09 bits per heavy atom. The summed E-state index contributed by atoms with van der Waals surface area (Å²) < 4.78 is 73.8. The molecule has 0 bridgehead atoms. The molecule has 0 amide bonds. The monoisotopic (exact) mass is 531 g/mol. The number of halogens is 7. The summed E-state index contributed by atoms with van der Waals surface area (Å²) in [5, 5.41) is 4.41. The van der Waals surface area contributed by atoms with E-state index in [0.29, 0.717) is 21.4 Å². The van der Waals surface area contributed by atoms with Crippen molar-refractivity contribution < 1.29 is 26.7 Å². The van der Waals surface area contributed by atoms with Crippen LogP contribution in [0.15, 0.2) is 41.5 Å². The number of ether oxygens (including phenoxy) is 1. The van der Waals surface area contributed by atoms with E-state index < -0.39 is 34.8 Å². The fraction of sp³-hybridized carbons (Fsp3) is 0.208. The summed E-state index contributed by atoms with van der Waals surface area (Å²) in [4.78, 5) is 2.07. The second-order valence-electron chi connectivity index (χ2n) is 7.25. The van der Waals surface area contributed by atoms with Gasteiger partial charge in [0, 0.05) is 30.4 Å². The van der Waals surface area contributed by atoms with Gasteiger partial charge in [0.1, 0.15) is 18.0 Å². The summed E-state index contributed by atoms with van der Waals surface area (Å²) in [7, 11) is 0. The third-order valence-corrected chi connectivity index (χ3v) is 5.83. The smallest absolute Gasteiger partial charge is 0.200 e. The molecule has 0 aromatic heterocycles. The van der Waals surface area contributed by atoms with Crippen LogP contribution in [0.25, 0.3) is 0 Å². The molecule has 0 atom stereocenters. The highest BCUT2D eigenvalue weighted by molar-refractivity contribution is 6.42. The van der Waals surface area contributed by atoms with Crippen molar-refractivity contribution in [2.75, 3.05) is 23.4 Å². The lowest BCUT2D eigenvalue weighted by atomic mass is 10.1. The van der Waals surface area contributed by atoms with Crippen LogP contribution in [0.1, 0.15) is 25.0 Å². The lowest BCUT2D eigenvalue weighted by molar-refractivity contribution is 0.306. The minimum Gasteiger partial charge on any atom is -0.488 e. The molecule has 35 heavy (non-hydrogen) atoms. The van der Waals surface area contributed by atoms with Crippen molar-refractivity contribution in [2.24, 2.45) is 5.10 Å². The van der Waals surface area contributed by atoms with Gasteiger partial charge in [-0.15, -0.1) is 0 Å². The van der Waals surface area contributed by atoms with E-state index in [2.05, 4.69) is 10.0 Å². The summed E-state index contributed by atoms with van der Waals surface area (Å²) in [6.07, 6.45) is 1.15. The first-order chi connectivity index (χ1) is 16.7. The van der Waals surface area contributed by atoms with Gasteiger partial charge in [-0.05, 0) is 43.7 Å². The van der Waals surface area contributed by atoms with Crippen LogP contribution in [-0.4, -0.2) is 19.3 Å². The fourth-order valence-electron chi connectivity index (χ4n) is 3.20. The normalized spacial score (nSPS) is 11.2. The van der Waals surface area contributed by atoms with Gasteiger partial charge >= 0.3 is 0 Å². The van der Waals surface area contributed by atoms with Crippen molar-refractivity contribution >= 4 is 40.8 Å². The Bertz CT molecular complexity index is 1220. The maximum atomic E-state index is 13.9. The molecule has 0 aliphatic heterocycles. The van der Waals surface area contributed by atoms with E-state index in [9.17, 15) is 22.0 Å². The van der Waals surface area contributed by atoms with E-state index in [1.54, 1.807) is 36.4 Å². The lowest BCUT2D eigenvalue weighted by Gasteiger charge is -2.22. The molecule has 0 spiro atoms. The van der Waals surface area contributed by atoms with Gasteiger partial charge in [-0.3, -0.25) is 5.43 Å². The number of benzene rings is 3. The van der Waals surface area contributed by atoms with Gasteiger partial charge in [0.15, 0.2) is 23.3 Å². The topological polar surface area (TPSA) is 36.9 Å². The molecule has 11 heteroatoms. The Hall–Kier alpha value is -3.04. The Balaban J connectivity index is 1.90. The largest absolute Gasteiger partial charge is 0.488 e. The average molecular weight is 532 g/mol. The molecule has 3 aromatic carbocycles. The zero-order chi connectivity index (χ0) is 25.7. The third-order valence-electron chi connectivity index (χ3n) is 5.09. The molecule has 0 fully saturated rings. The summed E-state index contributed by atoms with van der Waals surface area (Å²) in [5.41, 5.74) is 2.59. The molecular weight excluding hydrogens is 512 g/mol. The van der Waals surface area contributed by atoms with Crippen LogP contribution in [-0.2, 0) is 6.61 Å². The van der Waals surface area contributed by atoms with E-state index >= 15 is 0 Å². The van der Waals surface area contributed by atoms with E-state index in [1.807, 2.05) is 19.3 Å². The highest BCUT2D eigenvalue weighted by atomic mass is 35.5. The number of anilines is 2. The standard InChI is InChI=1S/C24H20Cl2F5N3O/c1-3-34(4-2)15-7-6-14(18(10-15)35-12-13-5-8-16(25)17(26)9-13)11-32-33-24-22(30)20(28)19(27)21(29)23(24)31/h5-11,33H,3-4,12H2,1-2H3/b32-11-. The van der Waals surface area contributed by atoms with Crippen LogP contribution in [0, 0.1) is 29.1 Å². The minimum absolute atomic E-state index is 0.116. The quantitative estimate of drug-likeness (QED) is 0.102. The molecule has 0 aliphatic carbocycles. The predicted molar refractivity (Wildman–Crippen MR) is 128 cm³/mol. The number of nitrogens with zero attached hydrogens (tertiary/aromatic N) is 2. The summed E-state index contributed by atoms with van der Waals surface area (Å²) in [5.74, 6) is -10.1. The van der Waals surface area contributed by atoms with Crippen LogP contribution >= 0.6 is 23.2 Å². The van der Waals surface area contributed by atoms with E-state index in [1.165, 1.54) is 0 Å². The fourth-order valence-corrected chi connectivity index (χ4v) is 3.52. The molecule has 186 valence electrons. The Morgan fingerprint density at radius 2 is 1.49 bits per heavy atom. The highest BCUT2D eigenvalue weighted by Gasteiger charge is 2.25.